The first kappa shape index (κ1) is 9.03. The zero-order chi connectivity index (χ0) is 25.0. The van der Waals surface area contributed by atoms with Gasteiger partial charge in [-0.2, -0.15) is 0 Å². The molecule has 1 aromatic carbocycles. The molecule has 1 aliphatic rings. The molecule has 0 radical (unpaired) electrons. The largest absolute Gasteiger partial charge is 0.463 e. The van der Waals surface area contributed by atoms with Crippen LogP contribution in [0.15, 0.2) is 29.8 Å². The lowest BCUT2D eigenvalue weighted by Crippen LogP contribution is -2.34. The minimum atomic E-state index is -5.54. The number of halogens is 2. The number of rotatable bonds is 5. The topological polar surface area (TPSA) is 72.5 Å². The quantitative estimate of drug-likeness (QED) is 0.807. The molecule has 5 nitrogen and oxygen atoms in total. The summed E-state index contributed by atoms with van der Waals surface area (Å²) in [5, 5.41) is -4.37. The van der Waals surface area contributed by atoms with Crippen molar-refractivity contribution >= 4 is 33.3 Å². The molecule has 0 bridgehead atoms. The Morgan fingerprint density at radius 3 is 3.13 bits per heavy atom. The molecule has 8 heteroatoms. The SMILES string of the molecule is [2H]c1c([2H])c(N([2H])S(=O)(=O)[C@]2([2H])CC([2H])([2H])C([2H])([2H])C=C2C(=O)OCC)c(Cl)c([2H])c1F. The molecule has 0 aliphatic heterocycles. The molecular formula is C15H17ClFNO4S. The lowest BCUT2D eigenvalue weighted by Gasteiger charge is -2.24. The van der Waals surface area contributed by atoms with E-state index in [4.69, 9.17) is 24.0 Å². The zero-order valence-electron chi connectivity index (χ0n) is 20.7. The summed E-state index contributed by atoms with van der Waals surface area (Å²) in [5.41, 5.74) is -2.27. The van der Waals surface area contributed by atoms with Gasteiger partial charge >= 0.3 is 5.97 Å². The third-order valence-electron chi connectivity index (χ3n) is 2.60. The summed E-state index contributed by atoms with van der Waals surface area (Å²) in [4.78, 5) is 12.4. The number of carbonyl (C=O) groups excluding carboxylic acids is 1. The van der Waals surface area contributed by atoms with Crippen molar-refractivity contribution in [2.24, 2.45) is 0 Å². The Bertz CT molecular complexity index is 1090. The van der Waals surface area contributed by atoms with Crippen LogP contribution in [0, 0.1) is 5.82 Å². The summed E-state index contributed by atoms with van der Waals surface area (Å²) in [7, 11) is -5.54. The van der Waals surface area contributed by atoms with Crippen molar-refractivity contribution < 1.29 is 34.7 Å². The van der Waals surface area contributed by atoms with Gasteiger partial charge in [0.2, 0.25) is 10.0 Å². The summed E-state index contributed by atoms with van der Waals surface area (Å²) >= 11 is 5.75. The van der Waals surface area contributed by atoms with E-state index >= 15 is 0 Å². The predicted molar refractivity (Wildman–Crippen MR) is 86.3 cm³/mol. The maximum absolute atomic E-state index is 13.9. The summed E-state index contributed by atoms with van der Waals surface area (Å²) in [6, 6.07) is -3.65. The molecule has 0 aromatic heterocycles. The zero-order valence-corrected chi connectivity index (χ0v) is 13.3. The number of allylic oxidation sites excluding steroid dienone is 1. The van der Waals surface area contributed by atoms with Gasteiger partial charge in [0.25, 0.3) is 0 Å². The Hall–Kier alpha value is -1.60. The van der Waals surface area contributed by atoms with E-state index in [9.17, 15) is 17.6 Å². The Balaban J connectivity index is 2.82. The van der Waals surface area contributed by atoms with Crippen LogP contribution in [-0.4, -0.2) is 26.2 Å². The second kappa shape index (κ2) is 7.31. The van der Waals surface area contributed by atoms with Gasteiger partial charge in [0.15, 0.2) is 1.41 Å². The van der Waals surface area contributed by atoms with E-state index in [-0.39, 0.29) is 6.61 Å². The van der Waals surface area contributed by atoms with E-state index in [0.717, 1.165) is 0 Å². The van der Waals surface area contributed by atoms with Gasteiger partial charge in [-0.25, -0.2) is 17.6 Å². The highest BCUT2D eigenvalue weighted by Crippen LogP contribution is 2.30. The number of ether oxygens (including phenoxy) is 1. The molecule has 2 rings (SSSR count). The van der Waals surface area contributed by atoms with E-state index in [0.29, 0.717) is 6.08 Å². The number of esters is 1. The average Bonchev–Trinajstić information content (AvgIpc) is 2.67. The highest BCUT2D eigenvalue weighted by Gasteiger charge is 2.35. The molecule has 0 saturated carbocycles. The molecule has 1 aliphatic carbocycles. The van der Waals surface area contributed by atoms with Crippen LogP contribution in [-0.2, 0) is 19.6 Å². The standard InChI is InChI=1S/C15H17ClFNO4S/c1-2-22-15(19)11-5-3-4-6-14(11)23(20,21)18-13-8-7-10(17)9-12(13)16/h5,7-9,14,18H,2-4,6H2,1H3/t14-/m1/s1/i3D2,4D2,7D,8D,9D,14D/hD. The van der Waals surface area contributed by atoms with E-state index in [1.807, 2.05) is 0 Å². The van der Waals surface area contributed by atoms with Crippen LogP contribution in [0.4, 0.5) is 10.1 Å². The number of carbonyl (C=O) groups is 1. The second-order valence-electron chi connectivity index (χ2n) is 4.12. The predicted octanol–water partition coefficient (Wildman–Crippen LogP) is 3.26. The number of sulfonamides is 1. The van der Waals surface area contributed by atoms with E-state index < -0.39 is 85.3 Å². The molecule has 1 atom stereocenters. The van der Waals surface area contributed by atoms with E-state index in [1.54, 1.807) is 0 Å². The Morgan fingerprint density at radius 1 is 1.70 bits per heavy atom. The molecular weight excluding hydrogens is 345 g/mol. The van der Waals surface area contributed by atoms with Crippen LogP contribution < -0.4 is 4.72 Å². The van der Waals surface area contributed by atoms with Crippen molar-refractivity contribution in [3.8, 4) is 0 Å². The van der Waals surface area contributed by atoms with Crippen molar-refractivity contribution in [3.63, 3.8) is 0 Å². The first-order chi connectivity index (χ1) is 14.4. The fourth-order valence-corrected chi connectivity index (χ4v) is 3.02. The fourth-order valence-electron chi connectivity index (χ4n) is 1.64. The number of anilines is 1. The molecule has 1 aromatic rings. The molecule has 1 N–H and O–H groups in total. The number of hydrogen-bond acceptors (Lipinski definition) is 4. The van der Waals surface area contributed by atoms with Crippen LogP contribution in [0.25, 0.3) is 0 Å². The number of hydrogen-bond donors (Lipinski definition) is 1. The van der Waals surface area contributed by atoms with Crippen LogP contribution >= 0.6 is 11.6 Å². The smallest absolute Gasteiger partial charge is 0.335 e. The molecule has 0 fully saturated rings. The van der Waals surface area contributed by atoms with E-state index in [1.165, 1.54) is 6.92 Å². The first-order valence-electron chi connectivity index (χ1n) is 10.7. The van der Waals surface area contributed by atoms with Crippen molar-refractivity contribution in [2.75, 3.05) is 11.3 Å². The lowest BCUT2D eigenvalue weighted by molar-refractivity contribution is -0.138. The van der Waals surface area contributed by atoms with Gasteiger partial charge in [0, 0.05) is 5.48 Å². The van der Waals surface area contributed by atoms with Crippen LogP contribution in [0.1, 0.15) is 37.1 Å². The highest BCUT2D eigenvalue weighted by atomic mass is 35.5. The molecule has 0 spiro atoms. The highest BCUT2D eigenvalue weighted by molar-refractivity contribution is 7.93. The lowest BCUT2D eigenvalue weighted by atomic mass is 9.99. The van der Waals surface area contributed by atoms with Gasteiger partial charge in [0.1, 0.15) is 11.0 Å². The Kier molecular flexibility index (Phi) is 2.87. The van der Waals surface area contributed by atoms with Crippen LogP contribution in [0.5, 0.6) is 0 Å². The van der Waals surface area contributed by atoms with Gasteiger partial charge in [-0.1, -0.05) is 17.7 Å². The van der Waals surface area contributed by atoms with Crippen LogP contribution in [0.3, 0.4) is 0 Å². The maximum atomic E-state index is 13.9. The molecule has 23 heavy (non-hydrogen) atoms. The maximum Gasteiger partial charge on any atom is 0.335 e. The van der Waals surface area contributed by atoms with Crippen LogP contribution in [0.2, 0.25) is 6.43 Å². The first-order valence-corrected chi connectivity index (χ1v) is 8.08. The van der Waals surface area contributed by atoms with Crippen molar-refractivity contribution in [1.29, 1.82) is 0 Å². The number of nitrogens with one attached hydrogen (secondary N) is 1. The summed E-state index contributed by atoms with van der Waals surface area (Å²) < 4.78 is 115. The Labute approximate surface area is 152 Å². The summed E-state index contributed by atoms with van der Waals surface area (Å²) in [6.07, 6.45) is -7.05. The molecule has 126 valence electrons. The summed E-state index contributed by atoms with van der Waals surface area (Å²) in [5.74, 6) is -3.00. The van der Waals surface area contributed by atoms with Gasteiger partial charge in [-0.05, 0) is 44.2 Å². The Morgan fingerprint density at radius 2 is 2.43 bits per heavy atom. The monoisotopic (exact) mass is 370 g/mol. The molecule has 0 unspecified atom stereocenters. The number of benzene rings is 1. The average molecular weight is 371 g/mol. The minimum absolute atomic E-state index is 0.294. The molecule has 0 saturated heterocycles. The fraction of sp³-hybridized carbons (Fsp3) is 0.400. The molecule has 0 amide bonds. The van der Waals surface area contributed by atoms with Gasteiger partial charge in [-0.15, -0.1) is 0 Å². The van der Waals surface area contributed by atoms with Gasteiger partial charge in [0.05, 0.1) is 28.4 Å². The summed E-state index contributed by atoms with van der Waals surface area (Å²) in [6.45, 7) is 1.06. The molecule has 0 heterocycles. The third-order valence-corrected chi connectivity index (χ3v) is 4.29. The van der Waals surface area contributed by atoms with Crippen molar-refractivity contribution in [2.45, 2.75) is 31.3 Å². The second-order valence-corrected chi connectivity index (χ2v) is 6.12. The van der Waals surface area contributed by atoms with Gasteiger partial charge in [-0.3, -0.25) is 4.72 Å². The minimum Gasteiger partial charge on any atom is -0.463 e. The van der Waals surface area contributed by atoms with Crippen molar-refractivity contribution in [1.82, 2.24) is 0 Å². The third kappa shape index (κ3) is 4.23. The normalized spacial score (nSPS) is 31.4. The van der Waals surface area contributed by atoms with Gasteiger partial charge < -0.3 is 4.74 Å². The van der Waals surface area contributed by atoms with Crippen molar-refractivity contribution in [3.05, 3.63) is 40.6 Å². The van der Waals surface area contributed by atoms with E-state index in [2.05, 4.69) is 4.74 Å².